The van der Waals surface area contributed by atoms with Crippen molar-refractivity contribution in [1.29, 1.82) is 0 Å². The number of anilines is 1. The smallest absolute Gasteiger partial charge is 0.301 e. The third-order valence-electron chi connectivity index (χ3n) is 6.07. The maximum atomic E-state index is 13.6. The lowest BCUT2D eigenvalue weighted by atomic mass is 9.95. The third kappa shape index (κ3) is 4.72. The lowest BCUT2D eigenvalue weighted by Gasteiger charge is -2.23. The summed E-state index contributed by atoms with van der Waals surface area (Å²) in [5, 5.41) is 11.5. The van der Waals surface area contributed by atoms with Crippen LogP contribution in [0.4, 0.5) is 9.52 Å². The number of hydrogen-bond donors (Lipinski definition) is 1. The second-order valence-electron chi connectivity index (χ2n) is 8.66. The fraction of sp³-hybridized carbons (Fsp3) is 0.207. The molecule has 2 heterocycles. The summed E-state index contributed by atoms with van der Waals surface area (Å²) in [7, 11) is 0. The number of ketones is 1. The summed E-state index contributed by atoms with van der Waals surface area (Å²) < 4.78 is 25.7. The first-order valence-electron chi connectivity index (χ1n) is 12.2. The Hall–Kier alpha value is -4.24. The summed E-state index contributed by atoms with van der Waals surface area (Å²) in [6.45, 7) is 4.89. The van der Waals surface area contributed by atoms with Crippen molar-refractivity contribution < 1.29 is 28.6 Å². The molecule has 7 nitrogen and oxygen atoms in total. The number of benzene rings is 3. The monoisotopic (exact) mass is 532 g/mol. The quantitative estimate of drug-likeness (QED) is 0.164. The standard InChI is InChI=1S/C29H25FN2O5S/c1-3-14-37-20-7-5-6-18(15-20)25-24(26(33)17-8-10-19(30)11-9-17)27(34)28(35)32(25)29-31-22-13-12-21(36-4-2)16-23(22)38-29/h5-13,15-16,25,33H,3-4,14H2,1-2H3. The van der Waals surface area contributed by atoms with E-state index >= 15 is 0 Å². The van der Waals surface area contributed by atoms with Gasteiger partial charge in [-0.1, -0.05) is 30.4 Å². The normalized spacial score (nSPS) is 16.8. The number of halogens is 1. The molecule has 1 unspecified atom stereocenters. The van der Waals surface area contributed by atoms with Crippen molar-refractivity contribution in [3.8, 4) is 11.5 Å². The van der Waals surface area contributed by atoms with E-state index < -0.39 is 29.3 Å². The van der Waals surface area contributed by atoms with E-state index in [2.05, 4.69) is 4.98 Å². The zero-order valence-electron chi connectivity index (χ0n) is 20.8. The second-order valence-corrected chi connectivity index (χ2v) is 9.67. The van der Waals surface area contributed by atoms with Crippen molar-refractivity contribution in [1.82, 2.24) is 4.98 Å². The highest BCUT2D eigenvalue weighted by Crippen LogP contribution is 2.45. The molecule has 1 aromatic heterocycles. The number of rotatable bonds is 8. The Labute approximate surface area is 222 Å². The van der Waals surface area contributed by atoms with Crippen LogP contribution in [0.2, 0.25) is 0 Å². The van der Waals surface area contributed by atoms with Crippen LogP contribution in [-0.4, -0.2) is 35.0 Å². The molecule has 0 saturated carbocycles. The molecular formula is C29H25FN2O5S. The van der Waals surface area contributed by atoms with Crippen molar-refractivity contribution in [2.75, 3.05) is 18.1 Å². The highest BCUT2D eigenvalue weighted by Gasteiger charge is 2.48. The minimum atomic E-state index is -0.975. The number of aliphatic hydroxyl groups excluding tert-OH is 1. The van der Waals surface area contributed by atoms with Crippen molar-refractivity contribution in [3.05, 3.63) is 89.2 Å². The number of aliphatic hydroxyl groups is 1. The van der Waals surface area contributed by atoms with E-state index in [-0.39, 0.29) is 11.1 Å². The zero-order chi connectivity index (χ0) is 26.8. The number of ether oxygens (including phenoxy) is 2. The molecule has 1 N–H and O–H groups in total. The fourth-order valence-electron chi connectivity index (χ4n) is 4.36. The topological polar surface area (TPSA) is 89.0 Å². The van der Waals surface area contributed by atoms with Crippen LogP contribution in [0.15, 0.2) is 72.3 Å². The molecule has 1 saturated heterocycles. The fourth-order valence-corrected chi connectivity index (χ4v) is 5.38. The molecule has 5 rings (SSSR count). The van der Waals surface area contributed by atoms with Crippen LogP contribution in [-0.2, 0) is 9.59 Å². The summed E-state index contributed by atoms with van der Waals surface area (Å²) in [5.74, 6) is -1.31. The van der Waals surface area contributed by atoms with Gasteiger partial charge in [0.2, 0.25) is 0 Å². The maximum Gasteiger partial charge on any atom is 0.301 e. The van der Waals surface area contributed by atoms with Gasteiger partial charge in [-0.3, -0.25) is 14.5 Å². The third-order valence-corrected chi connectivity index (χ3v) is 7.09. The van der Waals surface area contributed by atoms with E-state index in [4.69, 9.17) is 9.47 Å². The van der Waals surface area contributed by atoms with E-state index in [1.165, 1.54) is 40.5 Å². The lowest BCUT2D eigenvalue weighted by molar-refractivity contribution is -0.132. The number of hydrogen-bond acceptors (Lipinski definition) is 7. The highest BCUT2D eigenvalue weighted by atomic mass is 32.1. The minimum absolute atomic E-state index is 0.108. The van der Waals surface area contributed by atoms with Crippen LogP contribution < -0.4 is 14.4 Å². The molecule has 0 spiro atoms. The summed E-state index contributed by atoms with van der Waals surface area (Å²) in [6, 6.07) is 16.6. The molecule has 0 bridgehead atoms. The predicted molar refractivity (Wildman–Crippen MR) is 144 cm³/mol. The summed E-state index contributed by atoms with van der Waals surface area (Å²) in [4.78, 5) is 32.8. The summed E-state index contributed by atoms with van der Waals surface area (Å²) in [6.07, 6.45) is 0.808. The van der Waals surface area contributed by atoms with Gasteiger partial charge >= 0.3 is 5.91 Å². The van der Waals surface area contributed by atoms with Gasteiger partial charge in [-0.25, -0.2) is 9.37 Å². The largest absolute Gasteiger partial charge is 0.507 e. The minimum Gasteiger partial charge on any atom is -0.507 e. The van der Waals surface area contributed by atoms with Crippen molar-refractivity contribution in [2.45, 2.75) is 26.3 Å². The molecule has 1 aliphatic heterocycles. The molecule has 1 aliphatic rings. The SMILES string of the molecule is CCCOc1cccc(C2C(=C(O)c3ccc(F)cc3)C(=O)C(=O)N2c2nc3ccc(OCC)cc3s2)c1. The average molecular weight is 533 g/mol. The van der Waals surface area contributed by atoms with Crippen molar-refractivity contribution in [3.63, 3.8) is 0 Å². The molecule has 1 atom stereocenters. The number of carbonyl (C=O) groups is 2. The van der Waals surface area contributed by atoms with Gasteiger partial charge in [0.25, 0.3) is 5.78 Å². The Kier molecular flexibility index (Phi) is 7.11. The summed E-state index contributed by atoms with van der Waals surface area (Å²) in [5.41, 5.74) is 1.32. The molecule has 38 heavy (non-hydrogen) atoms. The van der Waals surface area contributed by atoms with E-state index in [9.17, 15) is 19.1 Å². The number of aromatic nitrogens is 1. The molecule has 194 valence electrons. The second kappa shape index (κ2) is 10.6. The Morgan fingerprint density at radius 2 is 1.79 bits per heavy atom. The molecule has 1 fully saturated rings. The first-order valence-corrected chi connectivity index (χ1v) is 13.1. The highest BCUT2D eigenvalue weighted by molar-refractivity contribution is 7.22. The number of carbonyl (C=O) groups excluding carboxylic acids is 2. The number of thiazole rings is 1. The molecule has 3 aromatic carbocycles. The van der Waals surface area contributed by atoms with E-state index in [1.54, 1.807) is 36.4 Å². The van der Waals surface area contributed by atoms with Gasteiger partial charge in [-0.2, -0.15) is 0 Å². The first-order chi connectivity index (χ1) is 18.4. The van der Waals surface area contributed by atoms with E-state index in [0.29, 0.717) is 40.9 Å². The number of nitrogens with zero attached hydrogens (tertiary/aromatic N) is 2. The Balaban J connectivity index is 1.68. The van der Waals surface area contributed by atoms with Gasteiger partial charge < -0.3 is 14.6 Å². The van der Waals surface area contributed by atoms with Gasteiger partial charge in [-0.15, -0.1) is 0 Å². The molecule has 4 aromatic rings. The van der Waals surface area contributed by atoms with Crippen molar-refractivity contribution >= 4 is 44.1 Å². The van der Waals surface area contributed by atoms with Crippen LogP contribution in [0.5, 0.6) is 11.5 Å². The van der Waals surface area contributed by atoms with Gasteiger partial charge in [0, 0.05) is 5.56 Å². The van der Waals surface area contributed by atoms with Crippen LogP contribution in [0.1, 0.15) is 37.4 Å². The van der Waals surface area contributed by atoms with Gasteiger partial charge in [0.15, 0.2) is 5.13 Å². The zero-order valence-corrected chi connectivity index (χ0v) is 21.6. The maximum absolute atomic E-state index is 13.6. The lowest BCUT2D eigenvalue weighted by Crippen LogP contribution is -2.29. The molecule has 0 radical (unpaired) electrons. The van der Waals surface area contributed by atoms with E-state index in [1.807, 2.05) is 19.9 Å². The number of amides is 1. The van der Waals surface area contributed by atoms with Crippen LogP contribution in [0, 0.1) is 5.82 Å². The van der Waals surface area contributed by atoms with Gasteiger partial charge in [0.1, 0.15) is 23.1 Å². The molecular weight excluding hydrogens is 507 g/mol. The molecule has 0 aliphatic carbocycles. The molecule has 1 amide bonds. The number of fused-ring (bicyclic) bond motifs is 1. The summed E-state index contributed by atoms with van der Waals surface area (Å²) >= 11 is 1.25. The predicted octanol–water partition coefficient (Wildman–Crippen LogP) is 6.25. The average Bonchev–Trinajstić information content (AvgIpc) is 3.45. The number of Topliss-reactive ketones (excluding diaryl/α,β-unsaturated/α-hetero) is 1. The van der Waals surface area contributed by atoms with Gasteiger partial charge in [-0.05, 0) is 73.5 Å². The Morgan fingerprint density at radius 1 is 1.03 bits per heavy atom. The Bertz CT molecular complexity index is 1550. The van der Waals surface area contributed by atoms with Crippen molar-refractivity contribution in [2.24, 2.45) is 0 Å². The Morgan fingerprint density at radius 3 is 2.53 bits per heavy atom. The van der Waals surface area contributed by atoms with Crippen LogP contribution >= 0.6 is 11.3 Å². The molecule has 9 heteroatoms. The van der Waals surface area contributed by atoms with E-state index in [0.717, 1.165) is 11.1 Å². The van der Waals surface area contributed by atoms with Gasteiger partial charge in [0.05, 0.1) is 35.0 Å². The van der Waals surface area contributed by atoms with Crippen LogP contribution in [0.25, 0.3) is 16.0 Å². The van der Waals surface area contributed by atoms with Crippen LogP contribution in [0.3, 0.4) is 0 Å². The first kappa shape index (κ1) is 25.4.